The highest BCUT2D eigenvalue weighted by atomic mass is 35.5. The highest BCUT2D eigenvalue weighted by Crippen LogP contribution is 2.37. The second-order valence-corrected chi connectivity index (χ2v) is 5.14. The van der Waals surface area contributed by atoms with Gasteiger partial charge in [-0.25, -0.2) is 4.79 Å². The molecule has 0 heterocycles. The summed E-state index contributed by atoms with van der Waals surface area (Å²) < 4.78 is 15.4. The lowest BCUT2D eigenvalue weighted by molar-refractivity contribution is 0.168. The minimum Gasteiger partial charge on any atom is -0.495 e. The van der Waals surface area contributed by atoms with Gasteiger partial charge in [0.15, 0.2) is 0 Å². The molecular weight excluding hydrogens is 332 g/mol. The molecule has 0 bridgehead atoms. The molecule has 0 saturated heterocycles. The zero-order chi connectivity index (χ0) is 17.5. The number of rotatable bonds is 6. The molecular formula is C17H19ClN2O4. The van der Waals surface area contributed by atoms with Gasteiger partial charge in [0.2, 0.25) is 0 Å². The Kier molecular flexibility index (Phi) is 6.14. The van der Waals surface area contributed by atoms with Gasteiger partial charge in [0.25, 0.3) is 0 Å². The van der Waals surface area contributed by atoms with Crippen LogP contribution < -0.4 is 20.1 Å². The Morgan fingerprint density at radius 3 is 2.25 bits per heavy atom. The first-order valence-corrected chi connectivity index (χ1v) is 7.67. The monoisotopic (exact) mass is 350 g/mol. The lowest BCUT2D eigenvalue weighted by Gasteiger charge is -2.14. The van der Waals surface area contributed by atoms with Crippen LogP contribution in [0, 0.1) is 0 Å². The number of halogens is 1. The summed E-state index contributed by atoms with van der Waals surface area (Å²) >= 11 is 6.09. The topological polar surface area (TPSA) is 68.8 Å². The second-order valence-electron chi connectivity index (χ2n) is 4.73. The Morgan fingerprint density at radius 2 is 1.67 bits per heavy atom. The number of ether oxygens (including phenoxy) is 3. The number of methoxy groups -OCH3 is 2. The predicted octanol–water partition coefficient (Wildman–Crippen LogP) is 4.67. The van der Waals surface area contributed by atoms with Crippen LogP contribution in [0.15, 0.2) is 36.4 Å². The molecule has 2 N–H and O–H groups in total. The summed E-state index contributed by atoms with van der Waals surface area (Å²) in [6, 6.07) is 10.6. The normalized spacial score (nSPS) is 10.0. The molecule has 0 radical (unpaired) electrons. The van der Waals surface area contributed by atoms with Crippen LogP contribution in [0.3, 0.4) is 0 Å². The van der Waals surface area contributed by atoms with Gasteiger partial charge >= 0.3 is 6.09 Å². The van der Waals surface area contributed by atoms with Gasteiger partial charge in [0.1, 0.15) is 11.5 Å². The van der Waals surface area contributed by atoms with E-state index in [0.717, 1.165) is 5.69 Å². The first-order chi connectivity index (χ1) is 11.6. The maximum atomic E-state index is 11.4. The number of carbonyl (C=O) groups is 1. The van der Waals surface area contributed by atoms with Gasteiger partial charge in [0.05, 0.1) is 31.5 Å². The maximum absolute atomic E-state index is 11.4. The van der Waals surface area contributed by atoms with Crippen molar-refractivity contribution in [2.24, 2.45) is 0 Å². The number of carbonyl (C=O) groups excluding carboxylic acids is 1. The van der Waals surface area contributed by atoms with E-state index in [2.05, 4.69) is 10.6 Å². The SMILES string of the molecule is CCOC(=O)Nc1ccc(Nc2cc(OC)c(Cl)cc2OC)cc1. The minimum absolute atomic E-state index is 0.323. The standard InChI is InChI=1S/C17H19ClN2O4/c1-4-24-17(21)20-12-7-5-11(6-8-12)19-14-10-15(22-2)13(18)9-16(14)23-3/h5-10,19H,4H2,1-3H3,(H,20,21). The predicted molar refractivity (Wildman–Crippen MR) is 94.9 cm³/mol. The van der Waals surface area contributed by atoms with Gasteiger partial charge in [-0.05, 0) is 31.2 Å². The van der Waals surface area contributed by atoms with Crippen molar-refractivity contribution in [3.8, 4) is 11.5 Å². The summed E-state index contributed by atoms with van der Waals surface area (Å²) in [5.74, 6) is 1.13. The first kappa shape index (κ1) is 17.7. The molecule has 1 amide bonds. The van der Waals surface area contributed by atoms with Gasteiger partial charge in [0, 0.05) is 23.5 Å². The van der Waals surface area contributed by atoms with Gasteiger partial charge < -0.3 is 19.5 Å². The van der Waals surface area contributed by atoms with Crippen molar-refractivity contribution in [3.63, 3.8) is 0 Å². The summed E-state index contributed by atoms with van der Waals surface area (Å²) in [6.07, 6.45) is -0.484. The molecule has 2 aromatic rings. The van der Waals surface area contributed by atoms with Gasteiger partial charge in [-0.2, -0.15) is 0 Å². The molecule has 0 unspecified atom stereocenters. The average molecular weight is 351 g/mol. The molecule has 0 aliphatic carbocycles. The summed E-state index contributed by atoms with van der Waals surface area (Å²) in [7, 11) is 3.11. The van der Waals surface area contributed by atoms with E-state index in [1.54, 1.807) is 45.4 Å². The Labute approximate surface area is 145 Å². The highest BCUT2D eigenvalue weighted by molar-refractivity contribution is 6.32. The summed E-state index contributed by atoms with van der Waals surface area (Å²) in [4.78, 5) is 11.4. The second kappa shape index (κ2) is 8.31. The van der Waals surface area contributed by atoms with Crippen LogP contribution in [-0.2, 0) is 4.74 Å². The number of hydrogen-bond acceptors (Lipinski definition) is 5. The molecule has 24 heavy (non-hydrogen) atoms. The molecule has 6 nitrogen and oxygen atoms in total. The lowest BCUT2D eigenvalue weighted by atomic mass is 10.2. The zero-order valence-electron chi connectivity index (χ0n) is 13.7. The average Bonchev–Trinajstić information content (AvgIpc) is 2.58. The van der Waals surface area contributed by atoms with E-state index in [4.69, 9.17) is 25.8 Å². The van der Waals surface area contributed by atoms with Crippen LogP contribution in [0.4, 0.5) is 21.9 Å². The van der Waals surface area contributed by atoms with Crippen LogP contribution in [0.1, 0.15) is 6.92 Å². The van der Waals surface area contributed by atoms with E-state index >= 15 is 0 Å². The molecule has 0 aromatic heterocycles. The van der Waals surface area contributed by atoms with Crippen molar-refractivity contribution < 1.29 is 19.0 Å². The van der Waals surface area contributed by atoms with Gasteiger partial charge in [-0.1, -0.05) is 11.6 Å². The van der Waals surface area contributed by atoms with Crippen molar-refractivity contribution >= 4 is 34.8 Å². The summed E-state index contributed by atoms with van der Waals surface area (Å²) in [5.41, 5.74) is 2.16. The van der Waals surface area contributed by atoms with E-state index in [1.165, 1.54) is 0 Å². The molecule has 0 fully saturated rings. The molecule has 128 valence electrons. The Bertz CT molecular complexity index is 704. The lowest BCUT2D eigenvalue weighted by Crippen LogP contribution is -2.13. The Balaban J connectivity index is 2.15. The number of nitrogens with one attached hydrogen (secondary N) is 2. The summed E-state index contributed by atoms with van der Waals surface area (Å²) in [6.45, 7) is 2.07. The zero-order valence-corrected chi connectivity index (χ0v) is 14.4. The van der Waals surface area contributed by atoms with Crippen LogP contribution in [-0.4, -0.2) is 26.9 Å². The van der Waals surface area contributed by atoms with Crippen LogP contribution >= 0.6 is 11.6 Å². The van der Waals surface area contributed by atoms with Crippen molar-refractivity contribution in [1.29, 1.82) is 0 Å². The molecule has 0 saturated carbocycles. The quantitative estimate of drug-likeness (QED) is 0.792. The Morgan fingerprint density at radius 1 is 1.04 bits per heavy atom. The fourth-order valence-electron chi connectivity index (χ4n) is 2.04. The van der Waals surface area contributed by atoms with E-state index in [1.807, 2.05) is 12.1 Å². The van der Waals surface area contributed by atoms with Gasteiger partial charge in [-0.15, -0.1) is 0 Å². The third-order valence-electron chi connectivity index (χ3n) is 3.16. The van der Waals surface area contributed by atoms with E-state index < -0.39 is 6.09 Å². The fourth-order valence-corrected chi connectivity index (χ4v) is 2.27. The molecule has 0 aliphatic rings. The largest absolute Gasteiger partial charge is 0.495 e. The van der Waals surface area contributed by atoms with Crippen LogP contribution in [0.5, 0.6) is 11.5 Å². The summed E-state index contributed by atoms with van der Waals surface area (Å²) in [5, 5.41) is 6.32. The Hall–Kier alpha value is -2.60. The first-order valence-electron chi connectivity index (χ1n) is 7.29. The maximum Gasteiger partial charge on any atom is 0.411 e. The van der Waals surface area contributed by atoms with Crippen LogP contribution in [0.2, 0.25) is 5.02 Å². The number of anilines is 3. The van der Waals surface area contributed by atoms with E-state index in [9.17, 15) is 4.79 Å². The molecule has 7 heteroatoms. The highest BCUT2D eigenvalue weighted by Gasteiger charge is 2.10. The smallest absolute Gasteiger partial charge is 0.411 e. The molecule has 0 aliphatic heterocycles. The molecule has 0 atom stereocenters. The third-order valence-corrected chi connectivity index (χ3v) is 3.46. The van der Waals surface area contributed by atoms with E-state index in [0.29, 0.717) is 34.5 Å². The third kappa shape index (κ3) is 4.45. The molecule has 0 spiro atoms. The van der Waals surface area contributed by atoms with Crippen molar-refractivity contribution in [3.05, 3.63) is 41.4 Å². The number of amides is 1. The molecule has 2 aromatic carbocycles. The minimum atomic E-state index is -0.484. The number of benzene rings is 2. The fraction of sp³-hybridized carbons (Fsp3) is 0.235. The van der Waals surface area contributed by atoms with E-state index in [-0.39, 0.29) is 0 Å². The van der Waals surface area contributed by atoms with Crippen molar-refractivity contribution in [2.45, 2.75) is 6.92 Å². The van der Waals surface area contributed by atoms with Crippen molar-refractivity contribution in [2.75, 3.05) is 31.5 Å². The number of hydrogen-bond donors (Lipinski definition) is 2. The van der Waals surface area contributed by atoms with Crippen molar-refractivity contribution in [1.82, 2.24) is 0 Å². The van der Waals surface area contributed by atoms with Crippen LogP contribution in [0.25, 0.3) is 0 Å². The van der Waals surface area contributed by atoms with Gasteiger partial charge in [-0.3, -0.25) is 5.32 Å². The molecule has 2 rings (SSSR count).